The Morgan fingerprint density at radius 1 is 1.12 bits per heavy atom. The molecule has 1 aliphatic heterocycles. The molecule has 26 heavy (non-hydrogen) atoms. The molecule has 2 aromatic rings. The summed E-state index contributed by atoms with van der Waals surface area (Å²) in [7, 11) is 3.03. The fourth-order valence-corrected chi connectivity index (χ4v) is 3.37. The van der Waals surface area contributed by atoms with Gasteiger partial charge in [-0.25, -0.2) is 0 Å². The van der Waals surface area contributed by atoms with Crippen LogP contribution in [0.3, 0.4) is 0 Å². The molecule has 0 aliphatic carbocycles. The molecule has 3 rings (SSSR count). The predicted molar refractivity (Wildman–Crippen MR) is 101 cm³/mol. The topological polar surface area (TPSA) is 66.0 Å². The third-order valence-corrected chi connectivity index (χ3v) is 4.92. The second kappa shape index (κ2) is 8.42. The maximum Gasteiger partial charge on any atom is 0.234 e. The first kappa shape index (κ1) is 18.5. The van der Waals surface area contributed by atoms with E-state index in [1.54, 1.807) is 12.1 Å². The largest absolute Gasteiger partial charge is 0.495 e. The molecule has 0 unspecified atom stereocenters. The van der Waals surface area contributed by atoms with Crippen molar-refractivity contribution >= 4 is 35.0 Å². The summed E-state index contributed by atoms with van der Waals surface area (Å²) < 4.78 is 21.5. The molecule has 1 amide bonds. The number of methoxy groups -OCH3 is 2. The zero-order chi connectivity index (χ0) is 18.5. The molecule has 0 saturated carbocycles. The van der Waals surface area contributed by atoms with Crippen molar-refractivity contribution in [1.82, 2.24) is 0 Å². The van der Waals surface area contributed by atoms with Gasteiger partial charge in [0.1, 0.15) is 24.7 Å². The van der Waals surface area contributed by atoms with Gasteiger partial charge >= 0.3 is 0 Å². The molecule has 2 aromatic carbocycles. The Morgan fingerprint density at radius 2 is 1.85 bits per heavy atom. The van der Waals surface area contributed by atoms with E-state index in [0.29, 0.717) is 41.2 Å². The lowest BCUT2D eigenvalue weighted by Crippen LogP contribution is -2.16. The summed E-state index contributed by atoms with van der Waals surface area (Å²) >= 11 is 7.52. The van der Waals surface area contributed by atoms with Crippen LogP contribution in [0, 0.1) is 0 Å². The lowest BCUT2D eigenvalue weighted by Gasteiger charge is -2.18. The molecule has 1 heterocycles. The highest BCUT2D eigenvalue weighted by Gasteiger charge is 2.15. The molecule has 0 atom stereocenters. The van der Waals surface area contributed by atoms with Crippen molar-refractivity contribution < 1.29 is 23.7 Å². The molecule has 0 fully saturated rings. The van der Waals surface area contributed by atoms with Crippen LogP contribution in [0.5, 0.6) is 23.0 Å². The standard InChI is InChI=1S/C18H18ClNO5S/c1-22-15-9-16(23-2)13(8-12(15)19)20-18(21)10-26-11-3-4-14-17(7-11)25-6-5-24-14/h3-4,7-9H,5-6,10H2,1-2H3,(H,20,21). The molecular weight excluding hydrogens is 378 g/mol. The number of halogens is 1. The zero-order valence-electron chi connectivity index (χ0n) is 14.3. The van der Waals surface area contributed by atoms with Crippen molar-refractivity contribution in [1.29, 1.82) is 0 Å². The molecule has 0 spiro atoms. The highest BCUT2D eigenvalue weighted by molar-refractivity contribution is 8.00. The van der Waals surface area contributed by atoms with Gasteiger partial charge in [0.25, 0.3) is 0 Å². The van der Waals surface area contributed by atoms with E-state index in [-0.39, 0.29) is 11.7 Å². The monoisotopic (exact) mass is 395 g/mol. The van der Waals surface area contributed by atoms with Gasteiger partial charge in [-0.15, -0.1) is 11.8 Å². The van der Waals surface area contributed by atoms with Gasteiger partial charge in [-0.1, -0.05) is 11.6 Å². The van der Waals surface area contributed by atoms with E-state index >= 15 is 0 Å². The minimum atomic E-state index is -0.176. The summed E-state index contributed by atoms with van der Waals surface area (Å²) in [5.41, 5.74) is 0.492. The average molecular weight is 396 g/mol. The Kier molecular flexibility index (Phi) is 6.00. The van der Waals surface area contributed by atoms with Gasteiger partial charge in [0.2, 0.25) is 5.91 Å². The molecule has 8 heteroatoms. The lowest BCUT2D eigenvalue weighted by atomic mass is 10.2. The summed E-state index contributed by atoms with van der Waals surface area (Å²) in [5, 5.41) is 3.20. The highest BCUT2D eigenvalue weighted by atomic mass is 35.5. The van der Waals surface area contributed by atoms with Gasteiger partial charge in [0.05, 0.1) is 30.7 Å². The Labute approximate surface area is 160 Å². The number of carbonyl (C=O) groups is 1. The van der Waals surface area contributed by atoms with Crippen molar-refractivity contribution in [2.75, 3.05) is 38.5 Å². The number of thioether (sulfide) groups is 1. The molecule has 1 aliphatic rings. The number of anilines is 1. The Bertz CT molecular complexity index is 814. The van der Waals surface area contributed by atoms with Crippen LogP contribution < -0.4 is 24.3 Å². The number of carbonyl (C=O) groups excluding carboxylic acids is 1. The number of rotatable bonds is 6. The number of amides is 1. The summed E-state index contributed by atoms with van der Waals surface area (Å²) in [4.78, 5) is 13.2. The average Bonchev–Trinajstić information content (AvgIpc) is 2.66. The Balaban J connectivity index is 1.63. The molecule has 138 valence electrons. The van der Waals surface area contributed by atoms with Crippen LogP contribution in [0.15, 0.2) is 35.2 Å². The zero-order valence-corrected chi connectivity index (χ0v) is 15.9. The number of fused-ring (bicyclic) bond motifs is 1. The van der Waals surface area contributed by atoms with E-state index in [4.69, 9.17) is 30.5 Å². The molecule has 0 aromatic heterocycles. The summed E-state index contributed by atoms with van der Waals surface area (Å²) in [5.74, 6) is 2.43. The van der Waals surface area contributed by atoms with Crippen molar-refractivity contribution in [3.05, 3.63) is 35.4 Å². The van der Waals surface area contributed by atoms with Gasteiger partial charge in [0.15, 0.2) is 11.5 Å². The predicted octanol–water partition coefficient (Wildman–Crippen LogP) is 3.86. The van der Waals surface area contributed by atoms with E-state index in [1.165, 1.54) is 26.0 Å². The number of nitrogens with one attached hydrogen (secondary N) is 1. The van der Waals surface area contributed by atoms with Crippen LogP contribution in [0.4, 0.5) is 5.69 Å². The fraction of sp³-hybridized carbons (Fsp3) is 0.278. The van der Waals surface area contributed by atoms with Crippen molar-refractivity contribution in [3.63, 3.8) is 0 Å². The van der Waals surface area contributed by atoms with E-state index in [0.717, 1.165) is 10.6 Å². The van der Waals surface area contributed by atoms with E-state index in [1.807, 2.05) is 18.2 Å². The number of hydrogen-bond donors (Lipinski definition) is 1. The van der Waals surface area contributed by atoms with E-state index < -0.39 is 0 Å². The first-order valence-electron chi connectivity index (χ1n) is 7.84. The fourth-order valence-electron chi connectivity index (χ4n) is 2.41. The smallest absolute Gasteiger partial charge is 0.234 e. The maximum atomic E-state index is 12.3. The van der Waals surface area contributed by atoms with Gasteiger partial charge in [-0.2, -0.15) is 0 Å². The van der Waals surface area contributed by atoms with Crippen molar-refractivity contribution in [2.45, 2.75) is 4.90 Å². The van der Waals surface area contributed by atoms with Gasteiger partial charge < -0.3 is 24.3 Å². The molecule has 0 saturated heterocycles. The summed E-state index contributed by atoms with van der Waals surface area (Å²) in [6, 6.07) is 8.85. The second-order valence-electron chi connectivity index (χ2n) is 5.33. The van der Waals surface area contributed by atoms with Crippen LogP contribution in [0.25, 0.3) is 0 Å². The van der Waals surface area contributed by atoms with Gasteiger partial charge in [-0.05, 0) is 24.3 Å². The van der Waals surface area contributed by atoms with Crippen molar-refractivity contribution in [2.24, 2.45) is 0 Å². The SMILES string of the molecule is COc1cc(OC)c(NC(=O)CSc2ccc3c(c2)OCCO3)cc1Cl. The first-order valence-corrected chi connectivity index (χ1v) is 9.21. The lowest BCUT2D eigenvalue weighted by molar-refractivity contribution is -0.113. The molecule has 6 nitrogen and oxygen atoms in total. The normalized spacial score (nSPS) is 12.4. The summed E-state index contributed by atoms with van der Waals surface area (Å²) in [6.07, 6.45) is 0. The summed E-state index contributed by atoms with van der Waals surface area (Å²) in [6.45, 7) is 1.08. The van der Waals surface area contributed by atoms with Gasteiger partial charge in [-0.3, -0.25) is 4.79 Å². The molecule has 1 N–H and O–H groups in total. The van der Waals surface area contributed by atoms with Crippen LogP contribution >= 0.6 is 23.4 Å². The van der Waals surface area contributed by atoms with Crippen LogP contribution in [-0.4, -0.2) is 39.1 Å². The van der Waals surface area contributed by atoms with E-state index in [2.05, 4.69) is 5.32 Å². The molecular formula is C18H18ClNO5S. The third-order valence-electron chi connectivity index (χ3n) is 3.63. The van der Waals surface area contributed by atoms with Crippen molar-refractivity contribution in [3.8, 4) is 23.0 Å². The van der Waals surface area contributed by atoms with Crippen LogP contribution in [0.2, 0.25) is 5.02 Å². The molecule has 0 bridgehead atoms. The quantitative estimate of drug-likeness (QED) is 0.749. The first-order chi connectivity index (χ1) is 12.6. The Hall–Kier alpha value is -2.25. The van der Waals surface area contributed by atoms with E-state index in [9.17, 15) is 4.79 Å². The minimum Gasteiger partial charge on any atom is -0.495 e. The number of ether oxygens (including phenoxy) is 4. The highest BCUT2D eigenvalue weighted by Crippen LogP contribution is 2.37. The van der Waals surface area contributed by atoms with Crippen LogP contribution in [-0.2, 0) is 4.79 Å². The Morgan fingerprint density at radius 3 is 2.58 bits per heavy atom. The number of benzene rings is 2. The molecule has 0 radical (unpaired) electrons. The van der Waals surface area contributed by atoms with Gasteiger partial charge in [0, 0.05) is 11.0 Å². The maximum absolute atomic E-state index is 12.3. The minimum absolute atomic E-state index is 0.176. The number of hydrogen-bond acceptors (Lipinski definition) is 6. The second-order valence-corrected chi connectivity index (χ2v) is 6.79. The third kappa shape index (κ3) is 4.28. The van der Waals surface area contributed by atoms with Crippen LogP contribution in [0.1, 0.15) is 0 Å².